The fourth-order valence-corrected chi connectivity index (χ4v) is 2.34. The summed E-state index contributed by atoms with van der Waals surface area (Å²) in [5.41, 5.74) is 2.79. The van der Waals surface area contributed by atoms with Gasteiger partial charge in [0.25, 0.3) is 0 Å². The number of carbonyl (C=O) groups is 1. The highest BCUT2D eigenvalue weighted by Crippen LogP contribution is 2.25. The molecule has 1 N–H and O–H groups in total. The van der Waals surface area contributed by atoms with Crippen LogP contribution in [0.5, 0.6) is 5.75 Å². The van der Waals surface area contributed by atoms with Crippen molar-refractivity contribution in [2.24, 2.45) is 0 Å². The molecule has 4 heteroatoms. The average Bonchev–Trinajstić information content (AvgIpc) is 2.46. The van der Waals surface area contributed by atoms with Crippen LogP contribution in [0.2, 0.25) is 0 Å². The molecule has 0 bridgehead atoms. The summed E-state index contributed by atoms with van der Waals surface area (Å²) in [6.07, 6.45) is 0. The van der Waals surface area contributed by atoms with Crippen molar-refractivity contribution in [3.05, 3.63) is 58.1 Å². The van der Waals surface area contributed by atoms with Gasteiger partial charge in [-0.05, 0) is 53.2 Å². The lowest BCUT2D eigenvalue weighted by Crippen LogP contribution is -2.14. The fraction of sp³-hybridized carbons (Fsp3) is 0.188. The zero-order valence-corrected chi connectivity index (χ0v) is 13.0. The van der Waals surface area contributed by atoms with Gasteiger partial charge in [-0.2, -0.15) is 0 Å². The Morgan fingerprint density at radius 2 is 1.90 bits per heavy atom. The van der Waals surface area contributed by atoms with Gasteiger partial charge in [-0.1, -0.05) is 17.7 Å². The summed E-state index contributed by atoms with van der Waals surface area (Å²) in [7, 11) is 1.60. The van der Waals surface area contributed by atoms with Crippen LogP contribution in [0.4, 0.5) is 5.69 Å². The number of hydrogen-bond acceptors (Lipinski definition) is 3. The molecule has 0 unspecified atom stereocenters. The van der Waals surface area contributed by atoms with Crippen molar-refractivity contribution in [1.29, 1.82) is 0 Å². The Morgan fingerprint density at radius 3 is 2.50 bits per heavy atom. The molecule has 0 aromatic heterocycles. The number of methoxy groups -OCH3 is 1. The predicted octanol–water partition coefficient (Wildman–Crippen LogP) is 4.06. The standard InChI is InChI=1S/C16H16BrNO2/c1-11-3-6-13(7-4-11)18-10-15(19)12-5-8-16(20-2)14(17)9-12/h3-9,18H,10H2,1-2H3. The highest BCUT2D eigenvalue weighted by molar-refractivity contribution is 9.10. The van der Waals surface area contributed by atoms with E-state index in [2.05, 4.69) is 21.2 Å². The van der Waals surface area contributed by atoms with Crippen molar-refractivity contribution in [3.8, 4) is 5.75 Å². The van der Waals surface area contributed by atoms with Crippen LogP contribution < -0.4 is 10.1 Å². The number of anilines is 1. The maximum Gasteiger partial charge on any atom is 0.181 e. The minimum atomic E-state index is 0.0360. The third-order valence-corrected chi connectivity index (χ3v) is 3.60. The van der Waals surface area contributed by atoms with Gasteiger partial charge in [0.1, 0.15) is 5.75 Å². The van der Waals surface area contributed by atoms with Crippen molar-refractivity contribution in [3.63, 3.8) is 0 Å². The highest BCUT2D eigenvalue weighted by atomic mass is 79.9. The number of Topliss-reactive ketones (excluding diaryl/α,β-unsaturated/α-hetero) is 1. The van der Waals surface area contributed by atoms with Crippen LogP contribution in [0, 0.1) is 6.92 Å². The van der Waals surface area contributed by atoms with E-state index >= 15 is 0 Å². The lowest BCUT2D eigenvalue weighted by molar-refractivity contribution is 0.101. The van der Waals surface area contributed by atoms with Gasteiger partial charge in [0.2, 0.25) is 0 Å². The number of benzene rings is 2. The number of aryl methyl sites for hydroxylation is 1. The van der Waals surface area contributed by atoms with Gasteiger partial charge in [0, 0.05) is 11.3 Å². The first kappa shape index (κ1) is 14.6. The van der Waals surface area contributed by atoms with E-state index in [0.717, 1.165) is 10.2 Å². The van der Waals surface area contributed by atoms with Crippen LogP contribution in [0.15, 0.2) is 46.9 Å². The number of ether oxygens (including phenoxy) is 1. The Labute approximate surface area is 127 Å². The summed E-state index contributed by atoms with van der Waals surface area (Å²) in [5, 5.41) is 3.12. The number of ketones is 1. The van der Waals surface area contributed by atoms with E-state index in [0.29, 0.717) is 11.3 Å². The van der Waals surface area contributed by atoms with E-state index in [-0.39, 0.29) is 12.3 Å². The van der Waals surface area contributed by atoms with Crippen LogP contribution >= 0.6 is 15.9 Å². The molecule has 3 nitrogen and oxygen atoms in total. The summed E-state index contributed by atoms with van der Waals surface area (Å²) in [5.74, 6) is 0.752. The Balaban J connectivity index is 2.01. The summed E-state index contributed by atoms with van der Waals surface area (Å²) in [4.78, 5) is 12.1. The van der Waals surface area contributed by atoms with E-state index in [4.69, 9.17) is 4.74 Å². The highest BCUT2D eigenvalue weighted by Gasteiger charge is 2.08. The van der Waals surface area contributed by atoms with E-state index in [1.54, 1.807) is 25.3 Å². The van der Waals surface area contributed by atoms with Crippen LogP contribution in [-0.2, 0) is 0 Å². The molecule has 0 aliphatic heterocycles. The van der Waals surface area contributed by atoms with Crippen molar-refractivity contribution in [1.82, 2.24) is 0 Å². The van der Waals surface area contributed by atoms with Gasteiger partial charge in [0.15, 0.2) is 5.78 Å². The smallest absolute Gasteiger partial charge is 0.181 e. The molecule has 2 aromatic rings. The van der Waals surface area contributed by atoms with Gasteiger partial charge in [-0.25, -0.2) is 0 Å². The summed E-state index contributed by atoms with van der Waals surface area (Å²) >= 11 is 3.38. The summed E-state index contributed by atoms with van der Waals surface area (Å²) in [6.45, 7) is 2.30. The van der Waals surface area contributed by atoms with E-state index in [1.165, 1.54) is 5.56 Å². The normalized spacial score (nSPS) is 10.2. The lowest BCUT2D eigenvalue weighted by Gasteiger charge is -2.08. The largest absolute Gasteiger partial charge is 0.496 e. The molecule has 0 atom stereocenters. The second kappa shape index (κ2) is 6.57. The summed E-state index contributed by atoms with van der Waals surface area (Å²) in [6, 6.07) is 13.3. The number of carbonyl (C=O) groups excluding carboxylic acids is 1. The second-order valence-electron chi connectivity index (χ2n) is 4.49. The molecular weight excluding hydrogens is 318 g/mol. The number of rotatable bonds is 5. The Kier molecular flexibility index (Phi) is 4.79. The third kappa shape index (κ3) is 3.61. The monoisotopic (exact) mass is 333 g/mol. The van der Waals surface area contributed by atoms with Crippen molar-refractivity contribution in [2.45, 2.75) is 6.92 Å². The van der Waals surface area contributed by atoms with Gasteiger partial charge in [-0.3, -0.25) is 4.79 Å². The minimum absolute atomic E-state index is 0.0360. The molecule has 0 heterocycles. The van der Waals surface area contributed by atoms with E-state index < -0.39 is 0 Å². The molecular formula is C16H16BrNO2. The van der Waals surface area contributed by atoms with Gasteiger partial charge in [0.05, 0.1) is 18.1 Å². The number of nitrogens with one attached hydrogen (secondary N) is 1. The molecule has 20 heavy (non-hydrogen) atoms. The molecule has 0 saturated carbocycles. The first-order valence-corrected chi connectivity index (χ1v) is 7.06. The molecule has 0 aliphatic carbocycles. The Hall–Kier alpha value is -1.81. The van der Waals surface area contributed by atoms with Crippen LogP contribution in [0.3, 0.4) is 0 Å². The van der Waals surface area contributed by atoms with Crippen LogP contribution in [0.1, 0.15) is 15.9 Å². The van der Waals surface area contributed by atoms with Crippen LogP contribution in [0.25, 0.3) is 0 Å². The Bertz CT molecular complexity index is 608. The zero-order chi connectivity index (χ0) is 14.5. The molecule has 0 radical (unpaired) electrons. The molecule has 2 rings (SSSR count). The fourth-order valence-electron chi connectivity index (χ4n) is 1.80. The first-order valence-electron chi connectivity index (χ1n) is 6.27. The SMILES string of the molecule is COc1ccc(C(=O)CNc2ccc(C)cc2)cc1Br. The number of halogens is 1. The summed E-state index contributed by atoms with van der Waals surface area (Å²) < 4.78 is 5.93. The quantitative estimate of drug-likeness (QED) is 0.838. The maximum atomic E-state index is 12.1. The van der Waals surface area contributed by atoms with Crippen molar-refractivity contribution < 1.29 is 9.53 Å². The van der Waals surface area contributed by atoms with E-state index in [1.807, 2.05) is 31.2 Å². The third-order valence-electron chi connectivity index (χ3n) is 2.98. The van der Waals surface area contributed by atoms with Crippen molar-refractivity contribution in [2.75, 3.05) is 19.0 Å². The lowest BCUT2D eigenvalue weighted by atomic mass is 10.1. The molecule has 104 valence electrons. The van der Waals surface area contributed by atoms with Crippen LogP contribution in [-0.4, -0.2) is 19.4 Å². The maximum absolute atomic E-state index is 12.1. The molecule has 0 spiro atoms. The second-order valence-corrected chi connectivity index (χ2v) is 5.35. The molecule has 0 saturated heterocycles. The molecule has 0 fully saturated rings. The van der Waals surface area contributed by atoms with E-state index in [9.17, 15) is 4.79 Å². The molecule has 0 aliphatic rings. The molecule has 2 aromatic carbocycles. The Morgan fingerprint density at radius 1 is 1.20 bits per heavy atom. The van der Waals surface area contributed by atoms with Crippen molar-refractivity contribution >= 4 is 27.4 Å². The van der Waals surface area contributed by atoms with Gasteiger partial charge in [-0.15, -0.1) is 0 Å². The molecule has 0 amide bonds. The number of hydrogen-bond donors (Lipinski definition) is 1. The minimum Gasteiger partial charge on any atom is -0.496 e. The van der Waals surface area contributed by atoms with Gasteiger partial charge >= 0.3 is 0 Å². The predicted molar refractivity (Wildman–Crippen MR) is 84.7 cm³/mol. The van der Waals surface area contributed by atoms with Gasteiger partial charge < -0.3 is 10.1 Å². The zero-order valence-electron chi connectivity index (χ0n) is 11.4. The topological polar surface area (TPSA) is 38.3 Å². The first-order chi connectivity index (χ1) is 9.60. The average molecular weight is 334 g/mol.